The minimum Gasteiger partial charge on any atom is -0.476 e. The fraction of sp³-hybridized carbons (Fsp3) is 0.148. The van der Waals surface area contributed by atoms with Crippen LogP contribution in [-0.4, -0.2) is 21.0 Å². The van der Waals surface area contributed by atoms with E-state index < -0.39 is 12.0 Å². The third kappa shape index (κ3) is 4.04. The maximum atomic E-state index is 13.4. The summed E-state index contributed by atoms with van der Waals surface area (Å²) in [5.74, 6) is -0.727. The molecule has 176 valence electrons. The Kier molecular flexibility index (Phi) is 5.57. The second-order valence-electron chi connectivity index (χ2n) is 8.59. The number of nitrogens with one attached hydrogen (secondary N) is 2. The number of H-pyrrole nitrogens is 1. The van der Waals surface area contributed by atoms with Crippen LogP contribution < -0.4 is 10.7 Å². The van der Waals surface area contributed by atoms with Gasteiger partial charge in [-0.05, 0) is 56.7 Å². The molecule has 8 heteroatoms. The van der Waals surface area contributed by atoms with Gasteiger partial charge in [-0.2, -0.15) is 0 Å². The molecular weight excluding hydrogens is 466 g/mol. The Labute approximate surface area is 205 Å². The van der Waals surface area contributed by atoms with Crippen molar-refractivity contribution in [2.24, 2.45) is 0 Å². The summed E-state index contributed by atoms with van der Waals surface area (Å²) >= 11 is 5.90. The molecule has 5 aromatic rings. The number of para-hydroxylation sites is 1. The number of aromatic nitrogens is 2. The standard InChI is InChI=1S/C27H22ClN3O4/c1-13-10-17(15(3)29-20-8-9-22(28)31-23(20)27(33)34)26-18(11-13)24(32)14(2)25(35-26)21-12-16-6-4-5-7-19(16)30-21/h4-12,15,29-30H,1-3H3,(H,33,34). The monoisotopic (exact) mass is 487 g/mol. The van der Waals surface area contributed by atoms with E-state index in [9.17, 15) is 14.7 Å². The summed E-state index contributed by atoms with van der Waals surface area (Å²) in [7, 11) is 0. The van der Waals surface area contributed by atoms with Crippen LogP contribution in [0, 0.1) is 13.8 Å². The van der Waals surface area contributed by atoms with Crippen LogP contribution in [0.5, 0.6) is 0 Å². The first kappa shape index (κ1) is 22.7. The van der Waals surface area contributed by atoms with Gasteiger partial charge in [-0.1, -0.05) is 35.9 Å². The third-order valence-corrected chi connectivity index (χ3v) is 6.28. The minimum absolute atomic E-state index is 0.0889. The summed E-state index contributed by atoms with van der Waals surface area (Å²) in [6.45, 7) is 5.54. The van der Waals surface area contributed by atoms with E-state index in [1.54, 1.807) is 13.0 Å². The second-order valence-corrected chi connectivity index (χ2v) is 8.97. The number of hydrogen-bond donors (Lipinski definition) is 3. The van der Waals surface area contributed by atoms with Crippen molar-refractivity contribution in [1.29, 1.82) is 0 Å². The molecule has 0 spiro atoms. The highest BCUT2D eigenvalue weighted by Crippen LogP contribution is 2.33. The number of nitrogens with zero attached hydrogens (tertiary/aromatic N) is 1. The number of halogens is 1. The molecule has 0 aliphatic heterocycles. The summed E-state index contributed by atoms with van der Waals surface area (Å²) in [5.41, 5.74) is 4.24. The van der Waals surface area contributed by atoms with Crippen molar-refractivity contribution in [2.75, 3.05) is 5.32 Å². The zero-order valence-corrected chi connectivity index (χ0v) is 20.0. The van der Waals surface area contributed by atoms with E-state index in [-0.39, 0.29) is 16.3 Å². The third-order valence-electron chi connectivity index (χ3n) is 6.07. The highest BCUT2D eigenvalue weighted by atomic mass is 35.5. The van der Waals surface area contributed by atoms with Gasteiger partial charge in [0.15, 0.2) is 16.9 Å². The first-order chi connectivity index (χ1) is 16.7. The van der Waals surface area contributed by atoms with Gasteiger partial charge in [0.2, 0.25) is 0 Å². The lowest BCUT2D eigenvalue weighted by Crippen LogP contribution is -2.14. The number of aromatic amines is 1. The van der Waals surface area contributed by atoms with E-state index in [1.165, 1.54) is 6.07 Å². The van der Waals surface area contributed by atoms with Gasteiger partial charge >= 0.3 is 5.97 Å². The molecule has 0 amide bonds. The van der Waals surface area contributed by atoms with Crippen molar-refractivity contribution in [1.82, 2.24) is 9.97 Å². The Morgan fingerprint density at radius 3 is 2.66 bits per heavy atom. The molecule has 2 aromatic carbocycles. The lowest BCUT2D eigenvalue weighted by atomic mass is 9.99. The number of anilines is 1. The summed E-state index contributed by atoms with van der Waals surface area (Å²) < 4.78 is 6.41. The molecule has 0 bridgehead atoms. The molecule has 0 fully saturated rings. The minimum atomic E-state index is -1.19. The molecule has 0 saturated heterocycles. The topological polar surface area (TPSA) is 108 Å². The van der Waals surface area contributed by atoms with Gasteiger partial charge in [0, 0.05) is 22.0 Å². The predicted octanol–water partition coefficient (Wildman–Crippen LogP) is 6.48. The van der Waals surface area contributed by atoms with E-state index in [1.807, 2.05) is 56.3 Å². The quantitative estimate of drug-likeness (QED) is 0.245. The Morgan fingerprint density at radius 2 is 1.91 bits per heavy atom. The van der Waals surface area contributed by atoms with Crippen LogP contribution >= 0.6 is 11.6 Å². The lowest BCUT2D eigenvalue weighted by Gasteiger charge is -2.19. The van der Waals surface area contributed by atoms with Crippen molar-refractivity contribution in [3.05, 3.63) is 92.4 Å². The highest BCUT2D eigenvalue weighted by Gasteiger charge is 2.21. The molecule has 3 heterocycles. The Morgan fingerprint density at radius 1 is 1.14 bits per heavy atom. The van der Waals surface area contributed by atoms with Crippen molar-refractivity contribution in [2.45, 2.75) is 26.8 Å². The number of rotatable bonds is 5. The number of pyridine rings is 1. The molecule has 0 saturated carbocycles. The summed E-state index contributed by atoms with van der Waals surface area (Å²) in [6.07, 6.45) is 0. The van der Waals surface area contributed by atoms with E-state index in [0.29, 0.717) is 33.7 Å². The first-order valence-corrected chi connectivity index (χ1v) is 11.4. The van der Waals surface area contributed by atoms with Gasteiger partial charge in [-0.25, -0.2) is 9.78 Å². The molecular formula is C27H22ClN3O4. The molecule has 1 unspecified atom stereocenters. The number of carboxylic acids is 1. The predicted molar refractivity (Wildman–Crippen MR) is 137 cm³/mol. The molecule has 7 nitrogen and oxygen atoms in total. The normalized spacial score (nSPS) is 12.2. The smallest absolute Gasteiger partial charge is 0.356 e. The van der Waals surface area contributed by atoms with Crippen LogP contribution in [-0.2, 0) is 0 Å². The fourth-order valence-corrected chi connectivity index (χ4v) is 4.52. The van der Waals surface area contributed by atoms with Gasteiger partial charge in [0.25, 0.3) is 0 Å². The van der Waals surface area contributed by atoms with Crippen LogP contribution in [0.1, 0.15) is 40.1 Å². The Hall–Kier alpha value is -4.10. The lowest BCUT2D eigenvalue weighted by molar-refractivity contribution is 0.0691. The van der Waals surface area contributed by atoms with E-state index in [0.717, 1.165) is 22.0 Å². The Bertz CT molecular complexity index is 1650. The number of carbonyl (C=O) groups is 1. The van der Waals surface area contributed by atoms with Crippen LogP contribution in [0.3, 0.4) is 0 Å². The molecule has 3 N–H and O–H groups in total. The number of fused-ring (bicyclic) bond motifs is 2. The number of hydrogen-bond acceptors (Lipinski definition) is 5. The first-order valence-electron chi connectivity index (χ1n) is 11.1. The maximum Gasteiger partial charge on any atom is 0.356 e. The van der Waals surface area contributed by atoms with Gasteiger partial charge in [-0.3, -0.25) is 4.79 Å². The zero-order valence-electron chi connectivity index (χ0n) is 19.3. The number of aromatic carboxylic acids is 1. The second kappa shape index (κ2) is 8.60. The van der Waals surface area contributed by atoms with Gasteiger partial charge in [0.1, 0.15) is 10.7 Å². The van der Waals surface area contributed by atoms with Crippen LogP contribution in [0.15, 0.2) is 63.8 Å². The van der Waals surface area contributed by atoms with E-state index in [4.69, 9.17) is 16.0 Å². The number of benzene rings is 2. The Balaban J connectivity index is 1.67. The van der Waals surface area contributed by atoms with Crippen LogP contribution in [0.4, 0.5) is 5.69 Å². The number of carboxylic acid groups (broad SMARTS) is 1. The average molecular weight is 488 g/mol. The molecule has 0 radical (unpaired) electrons. The molecule has 1 atom stereocenters. The van der Waals surface area contributed by atoms with Gasteiger partial charge < -0.3 is 19.8 Å². The largest absolute Gasteiger partial charge is 0.476 e. The molecule has 35 heavy (non-hydrogen) atoms. The van der Waals surface area contributed by atoms with Crippen molar-refractivity contribution in [3.8, 4) is 11.5 Å². The molecule has 5 rings (SSSR count). The average Bonchev–Trinajstić information content (AvgIpc) is 3.26. The van der Waals surface area contributed by atoms with Crippen molar-refractivity contribution >= 4 is 45.1 Å². The molecule has 0 aliphatic carbocycles. The van der Waals surface area contributed by atoms with Gasteiger partial charge in [0.05, 0.1) is 22.8 Å². The summed E-state index contributed by atoms with van der Waals surface area (Å²) in [4.78, 5) is 32.4. The SMILES string of the molecule is Cc1cc(C(C)Nc2ccc(Cl)nc2C(=O)O)c2oc(-c3cc4ccccc4[nH]3)c(C)c(=O)c2c1. The van der Waals surface area contributed by atoms with Gasteiger partial charge in [-0.15, -0.1) is 0 Å². The van der Waals surface area contributed by atoms with Crippen molar-refractivity contribution < 1.29 is 14.3 Å². The van der Waals surface area contributed by atoms with E-state index in [2.05, 4.69) is 15.3 Å². The van der Waals surface area contributed by atoms with Crippen LogP contribution in [0.2, 0.25) is 5.15 Å². The fourth-order valence-electron chi connectivity index (χ4n) is 4.37. The molecule has 3 aromatic heterocycles. The summed E-state index contributed by atoms with van der Waals surface area (Å²) in [6, 6.07) is 16.2. The number of aryl methyl sites for hydroxylation is 1. The van der Waals surface area contributed by atoms with Crippen LogP contribution in [0.25, 0.3) is 33.3 Å². The zero-order chi connectivity index (χ0) is 24.9. The molecule has 0 aliphatic rings. The summed E-state index contributed by atoms with van der Waals surface area (Å²) in [5, 5.41) is 14.3. The highest BCUT2D eigenvalue weighted by molar-refractivity contribution is 6.29. The maximum absolute atomic E-state index is 13.4. The van der Waals surface area contributed by atoms with E-state index >= 15 is 0 Å². The van der Waals surface area contributed by atoms with Crippen molar-refractivity contribution in [3.63, 3.8) is 0 Å².